The zero-order chi connectivity index (χ0) is 12.2. The number of rotatable bonds is 5. The molecule has 1 aromatic carbocycles. The Hall–Kier alpha value is -0.890. The first-order valence-electron chi connectivity index (χ1n) is 5.87. The van der Waals surface area contributed by atoms with Crippen LogP contribution in [0.2, 0.25) is 0 Å². The lowest BCUT2D eigenvalue weighted by Gasteiger charge is -2.26. The van der Waals surface area contributed by atoms with E-state index in [0.717, 1.165) is 13.0 Å². The standard InChI is InChI=1S/C14H22FN/c1-11(2)16-10-14(3,4)9-12-5-7-13(15)8-6-12/h5-8,11,16H,9-10H2,1-4H3. The first kappa shape index (κ1) is 13.2. The maximum atomic E-state index is 12.8. The van der Waals surface area contributed by atoms with Crippen LogP contribution in [0.1, 0.15) is 33.3 Å². The Labute approximate surface area is 98.1 Å². The fraction of sp³-hybridized carbons (Fsp3) is 0.571. The predicted molar refractivity (Wildman–Crippen MR) is 67.0 cm³/mol. The van der Waals surface area contributed by atoms with Gasteiger partial charge in [-0.25, -0.2) is 4.39 Å². The van der Waals surface area contributed by atoms with E-state index in [1.165, 1.54) is 17.7 Å². The molecule has 0 bridgehead atoms. The van der Waals surface area contributed by atoms with E-state index in [2.05, 4.69) is 33.0 Å². The van der Waals surface area contributed by atoms with E-state index < -0.39 is 0 Å². The smallest absolute Gasteiger partial charge is 0.123 e. The summed E-state index contributed by atoms with van der Waals surface area (Å²) in [5.41, 5.74) is 1.39. The third kappa shape index (κ3) is 4.75. The van der Waals surface area contributed by atoms with Gasteiger partial charge >= 0.3 is 0 Å². The zero-order valence-electron chi connectivity index (χ0n) is 10.7. The van der Waals surface area contributed by atoms with Gasteiger partial charge in [-0.1, -0.05) is 39.8 Å². The number of benzene rings is 1. The largest absolute Gasteiger partial charge is 0.314 e. The molecule has 0 heterocycles. The van der Waals surface area contributed by atoms with E-state index in [1.807, 2.05) is 12.1 Å². The zero-order valence-corrected chi connectivity index (χ0v) is 10.7. The van der Waals surface area contributed by atoms with Crippen LogP contribution in [0, 0.1) is 11.2 Å². The first-order chi connectivity index (χ1) is 7.39. The van der Waals surface area contributed by atoms with Crippen molar-refractivity contribution >= 4 is 0 Å². The van der Waals surface area contributed by atoms with E-state index in [9.17, 15) is 4.39 Å². The molecule has 0 saturated heterocycles. The topological polar surface area (TPSA) is 12.0 Å². The first-order valence-corrected chi connectivity index (χ1v) is 5.87. The van der Waals surface area contributed by atoms with Crippen molar-refractivity contribution < 1.29 is 4.39 Å². The maximum absolute atomic E-state index is 12.8. The molecule has 0 aromatic heterocycles. The number of halogens is 1. The summed E-state index contributed by atoms with van der Waals surface area (Å²) in [6.07, 6.45) is 0.965. The molecule has 1 nitrogen and oxygen atoms in total. The van der Waals surface area contributed by atoms with Crippen LogP contribution in [-0.2, 0) is 6.42 Å². The minimum absolute atomic E-state index is 0.165. The molecule has 0 aliphatic carbocycles. The molecule has 16 heavy (non-hydrogen) atoms. The number of nitrogens with one attached hydrogen (secondary N) is 1. The van der Waals surface area contributed by atoms with Crippen LogP contribution >= 0.6 is 0 Å². The minimum Gasteiger partial charge on any atom is -0.314 e. The van der Waals surface area contributed by atoms with Gasteiger partial charge in [-0.2, -0.15) is 0 Å². The third-order valence-electron chi connectivity index (χ3n) is 2.58. The Kier molecular flexibility index (Phi) is 4.48. The summed E-state index contributed by atoms with van der Waals surface area (Å²) in [5.74, 6) is -0.165. The molecule has 0 aliphatic rings. The van der Waals surface area contributed by atoms with Gasteiger partial charge in [0.25, 0.3) is 0 Å². The maximum Gasteiger partial charge on any atom is 0.123 e. The van der Waals surface area contributed by atoms with Crippen LogP contribution in [0.4, 0.5) is 4.39 Å². The summed E-state index contributed by atoms with van der Waals surface area (Å²) >= 11 is 0. The van der Waals surface area contributed by atoms with Crippen LogP contribution in [0.3, 0.4) is 0 Å². The molecule has 0 saturated carbocycles. The van der Waals surface area contributed by atoms with Crippen molar-refractivity contribution in [3.63, 3.8) is 0 Å². The molecule has 0 fully saturated rings. The molecule has 1 aromatic rings. The molecular formula is C14H22FN. The Morgan fingerprint density at radius 1 is 1.19 bits per heavy atom. The second-order valence-electron chi connectivity index (χ2n) is 5.50. The second kappa shape index (κ2) is 5.44. The molecule has 1 rings (SSSR count). The fourth-order valence-corrected chi connectivity index (χ4v) is 1.70. The van der Waals surface area contributed by atoms with E-state index in [4.69, 9.17) is 0 Å². The summed E-state index contributed by atoms with van der Waals surface area (Å²) < 4.78 is 12.8. The van der Waals surface area contributed by atoms with Gasteiger partial charge in [-0.15, -0.1) is 0 Å². The molecular weight excluding hydrogens is 201 g/mol. The average molecular weight is 223 g/mol. The fourth-order valence-electron chi connectivity index (χ4n) is 1.70. The Balaban J connectivity index is 2.54. The molecule has 0 spiro atoms. The van der Waals surface area contributed by atoms with Crippen LogP contribution in [-0.4, -0.2) is 12.6 Å². The van der Waals surface area contributed by atoms with Crippen LogP contribution in [0.5, 0.6) is 0 Å². The van der Waals surface area contributed by atoms with Gasteiger partial charge in [-0.3, -0.25) is 0 Å². The van der Waals surface area contributed by atoms with Gasteiger partial charge in [0.1, 0.15) is 5.82 Å². The van der Waals surface area contributed by atoms with E-state index in [-0.39, 0.29) is 11.2 Å². The van der Waals surface area contributed by atoms with Gasteiger partial charge in [0.2, 0.25) is 0 Å². The van der Waals surface area contributed by atoms with E-state index in [0.29, 0.717) is 6.04 Å². The van der Waals surface area contributed by atoms with E-state index in [1.54, 1.807) is 0 Å². The Bertz CT molecular complexity index is 314. The van der Waals surface area contributed by atoms with E-state index >= 15 is 0 Å². The van der Waals surface area contributed by atoms with Crippen molar-refractivity contribution in [2.24, 2.45) is 5.41 Å². The monoisotopic (exact) mass is 223 g/mol. The molecule has 0 unspecified atom stereocenters. The number of hydrogen-bond donors (Lipinski definition) is 1. The molecule has 0 aliphatic heterocycles. The van der Waals surface area contributed by atoms with Crippen molar-refractivity contribution in [3.8, 4) is 0 Å². The molecule has 0 atom stereocenters. The summed E-state index contributed by atoms with van der Waals surface area (Å²) in [5, 5.41) is 3.44. The van der Waals surface area contributed by atoms with Crippen molar-refractivity contribution in [3.05, 3.63) is 35.6 Å². The average Bonchev–Trinajstić information content (AvgIpc) is 2.19. The SMILES string of the molecule is CC(C)NCC(C)(C)Cc1ccc(F)cc1. The lowest BCUT2D eigenvalue weighted by molar-refractivity contribution is 0.325. The lowest BCUT2D eigenvalue weighted by atomic mass is 9.85. The molecule has 2 heteroatoms. The lowest BCUT2D eigenvalue weighted by Crippen LogP contribution is -2.35. The van der Waals surface area contributed by atoms with Crippen LogP contribution in [0.25, 0.3) is 0 Å². The highest BCUT2D eigenvalue weighted by Crippen LogP contribution is 2.21. The minimum atomic E-state index is -0.165. The quantitative estimate of drug-likeness (QED) is 0.806. The normalized spacial score (nSPS) is 12.1. The summed E-state index contributed by atoms with van der Waals surface area (Å²) in [6.45, 7) is 9.72. The van der Waals surface area contributed by atoms with Gasteiger partial charge in [0.05, 0.1) is 0 Å². The highest BCUT2D eigenvalue weighted by molar-refractivity contribution is 5.17. The number of hydrogen-bond acceptors (Lipinski definition) is 1. The van der Waals surface area contributed by atoms with Gasteiger partial charge in [0, 0.05) is 12.6 Å². The highest BCUT2D eigenvalue weighted by atomic mass is 19.1. The molecule has 0 radical (unpaired) electrons. The summed E-state index contributed by atoms with van der Waals surface area (Å²) in [7, 11) is 0. The van der Waals surface area contributed by atoms with Crippen molar-refractivity contribution in [1.82, 2.24) is 5.32 Å². The third-order valence-corrected chi connectivity index (χ3v) is 2.58. The van der Waals surface area contributed by atoms with Gasteiger partial charge in [0.15, 0.2) is 0 Å². The summed E-state index contributed by atoms with van der Waals surface area (Å²) in [6, 6.07) is 7.30. The van der Waals surface area contributed by atoms with Gasteiger partial charge < -0.3 is 5.32 Å². The molecule has 90 valence electrons. The van der Waals surface area contributed by atoms with Crippen molar-refractivity contribution in [2.75, 3.05) is 6.54 Å². The van der Waals surface area contributed by atoms with Crippen LogP contribution in [0.15, 0.2) is 24.3 Å². The molecule has 1 N–H and O–H groups in total. The van der Waals surface area contributed by atoms with Gasteiger partial charge in [-0.05, 0) is 29.5 Å². The Morgan fingerprint density at radius 2 is 1.75 bits per heavy atom. The Morgan fingerprint density at radius 3 is 2.25 bits per heavy atom. The summed E-state index contributed by atoms with van der Waals surface area (Å²) in [4.78, 5) is 0. The second-order valence-corrected chi connectivity index (χ2v) is 5.50. The highest BCUT2D eigenvalue weighted by Gasteiger charge is 2.18. The predicted octanol–water partition coefficient (Wildman–Crippen LogP) is 3.39. The van der Waals surface area contributed by atoms with Crippen molar-refractivity contribution in [1.29, 1.82) is 0 Å². The van der Waals surface area contributed by atoms with Crippen LogP contribution < -0.4 is 5.32 Å². The van der Waals surface area contributed by atoms with Crippen molar-refractivity contribution in [2.45, 2.75) is 40.2 Å². The molecule has 0 amide bonds.